The number of nitrogens with one attached hydrogen (secondary N) is 1. The molecule has 0 bridgehead atoms. The van der Waals surface area contributed by atoms with Crippen LogP contribution in [0.3, 0.4) is 0 Å². The van der Waals surface area contributed by atoms with Crippen LogP contribution >= 0.6 is 0 Å². The molecule has 9 heteroatoms. The van der Waals surface area contributed by atoms with Gasteiger partial charge in [0.2, 0.25) is 11.8 Å². The maximum atomic E-state index is 13.6. The fourth-order valence-electron chi connectivity index (χ4n) is 4.60. The molecule has 1 aliphatic rings. The van der Waals surface area contributed by atoms with Crippen molar-refractivity contribution in [3.05, 3.63) is 102 Å². The predicted molar refractivity (Wildman–Crippen MR) is 144 cm³/mol. The van der Waals surface area contributed by atoms with E-state index in [0.29, 0.717) is 13.0 Å². The van der Waals surface area contributed by atoms with Crippen molar-refractivity contribution in [2.45, 2.75) is 43.7 Å². The van der Waals surface area contributed by atoms with Crippen LogP contribution in [0, 0.1) is 0 Å². The van der Waals surface area contributed by atoms with Gasteiger partial charge in [-0.25, -0.2) is 12.7 Å². The van der Waals surface area contributed by atoms with Gasteiger partial charge in [-0.1, -0.05) is 72.8 Å². The molecule has 0 saturated carbocycles. The number of carbonyl (C=O) groups excluding carboxylic acids is 3. The van der Waals surface area contributed by atoms with Gasteiger partial charge in [0.1, 0.15) is 10.9 Å². The van der Waals surface area contributed by atoms with Gasteiger partial charge in [-0.05, 0) is 36.6 Å². The SMILES string of the molecule is CCNC(=O)C(Cc1ccccc1)N(Cc1ccccc1)C(=O)CCCN1C(=O)c2ccccc2S1(=O)=O. The minimum absolute atomic E-state index is 0.0128. The van der Waals surface area contributed by atoms with Crippen LogP contribution in [-0.2, 0) is 32.6 Å². The lowest BCUT2D eigenvalue weighted by Crippen LogP contribution is -2.50. The van der Waals surface area contributed by atoms with Crippen molar-refractivity contribution in [1.29, 1.82) is 0 Å². The van der Waals surface area contributed by atoms with Crippen LogP contribution in [-0.4, -0.2) is 54.5 Å². The van der Waals surface area contributed by atoms with Crippen LogP contribution in [0.25, 0.3) is 0 Å². The van der Waals surface area contributed by atoms with Crippen molar-refractivity contribution < 1.29 is 22.8 Å². The normalized spacial score (nSPS) is 14.6. The van der Waals surface area contributed by atoms with Crippen molar-refractivity contribution in [3.8, 4) is 0 Å². The van der Waals surface area contributed by atoms with Crippen molar-refractivity contribution in [1.82, 2.24) is 14.5 Å². The molecule has 0 aliphatic carbocycles. The van der Waals surface area contributed by atoms with Gasteiger partial charge in [0.05, 0.1) is 5.56 Å². The number of sulfonamides is 1. The lowest BCUT2D eigenvalue weighted by atomic mass is 10.0. The number of amides is 3. The number of hydrogen-bond donors (Lipinski definition) is 1. The van der Waals surface area contributed by atoms with Crippen molar-refractivity contribution in [2.75, 3.05) is 13.1 Å². The van der Waals surface area contributed by atoms with Gasteiger partial charge in [-0.3, -0.25) is 14.4 Å². The Balaban J connectivity index is 1.53. The fourth-order valence-corrected chi connectivity index (χ4v) is 6.20. The molecule has 0 saturated heterocycles. The van der Waals surface area contributed by atoms with Crippen LogP contribution in [0.2, 0.25) is 0 Å². The quantitative estimate of drug-likeness (QED) is 0.407. The molecule has 3 amide bonds. The number of rotatable bonds is 11. The smallest absolute Gasteiger partial charge is 0.269 e. The van der Waals surface area contributed by atoms with E-state index < -0.39 is 22.0 Å². The highest BCUT2D eigenvalue weighted by Gasteiger charge is 2.40. The third-order valence-electron chi connectivity index (χ3n) is 6.48. The second-order valence-electron chi connectivity index (χ2n) is 9.09. The number of hydrogen-bond acceptors (Lipinski definition) is 5. The molecule has 0 radical (unpaired) electrons. The second-order valence-corrected chi connectivity index (χ2v) is 10.9. The molecule has 3 aromatic rings. The summed E-state index contributed by atoms with van der Waals surface area (Å²) in [5.74, 6) is -1.13. The molecular formula is C29H31N3O5S. The maximum Gasteiger partial charge on any atom is 0.269 e. The Kier molecular flexibility index (Phi) is 8.58. The molecule has 0 fully saturated rings. The third kappa shape index (κ3) is 5.94. The highest BCUT2D eigenvalue weighted by molar-refractivity contribution is 7.90. The number of nitrogens with zero attached hydrogens (tertiary/aromatic N) is 2. The average Bonchev–Trinajstić information content (AvgIpc) is 3.12. The van der Waals surface area contributed by atoms with Gasteiger partial charge in [-0.15, -0.1) is 0 Å². The third-order valence-corrected chi connectivity index (χ3v) is 8.32. The molecule has 3 aromatic carbocycles. The Labute approximate surface area is 223 Å². The van der Waals surface area contributed by atoms with Gasteiger partial charge in [-0.2, -0.15) is 0 Å². The lowest BCUT2D eigenvalue weighted by molar-refractivity contribution is -0.141. The topological polar surface area (TPSA) is 104 Å². The molecule has 1 N–H and O–H groups in total. The standard InChI is InChI=1S/C29H31N3O5S/c1-2-30-28(34)25(20-22-12-5-3-6-13-22)31(21-23-14-7-4-8-15-23)27(33)18-11-19-32-29(35)24-16-9-10-17-26(24)38(32,36)37/h3-10,12-17,25H,2,11,18-21H2,1H3,(H,30,34). The molecule has 38 heavy (non-hydrogen) atoms. The molecule has 1 unspecified atom stereocenters. The summed E-state index contributed by atoms with van der Waals surface area (Å²) in [7, 11) is -3.95. The second kappa shape index (κ2) is 12.0. The summed E-state index contributed by atoms with van der Waals surface area (Å²) in [4.78, 5) is 41.1. The summed E-state index contributed by atoms with van der Waals surface area (Å²) < 4.78 is 26.6. The summed E-state index contributed by atoms with van der Waals surface area (Å²) in [6, 6.07) is 24.3. The minimum atomic E-state index is -3.95. The molecule has 0 aromatic heterocycles. The van der Waals surface area contributed by atoms with Crippen LogP contribution in [0.1, 0.15) is 41.3 Å². The molecule has 1 aliphatic heterocycles. The van der Waals surface area contributed by atoms with E-state index in [1.807, 2.05) is 67.6 Å². The Morgan fingerprint density at radius 3 is 2.13 bits per heavy atom. The summed E-state index contributed by atoms with van der Waals surface area (Å²) >= 11 is 0. The summed E-state index contributed by atoms with van der Waals surface area (Å²) in [5.41, 5.74) is 1.93. The Morgan fingerprint density at radius 1 is 0.895 bits per heavy atom. The van der Waals surface area contributed by atoms with Crippen LogP contribution in [0.15, 0.2) is 89.8 Å². The molecule has 1 heterocycles. The maximum absolute atomic E-state index is 13.6. The first-order chi connectivity index (χ1) is 18.3. The van der Waals surface area contributed by atoms with E-state index >= 15 is 0 Å². The number of carbonyl (C=O) groups is 3. The van der Waals surface area contributed by atoms with Crippen molar-refractivity contribution in [3.63, 3.8) is 0 Å². The Hall–Kier alpha value is -3.98. The molecule has 8 nitrogen and oxygen atoms in total. The molecule has 1 atom stereocenters. The molecule has 4 rings (SSSR count). The number of likely N-dealkylation sites (N-methyl/N-ethyl adjacent to an activating group) is 1. The molecule has 198 valence electrons. The lowest BCUT2D eigenvalue weighted by Gasteiger charge is -2.31. The number of fused-ring (bicyclic) bond motifs is 1. The highest BCUT2D eigenvalue weighted by atomic mass is 32.2. The minimum Gasteiger partial charge on any atom is -0.355 e. The van der Waals surface area contributed by atoms with Crippen molar-refractivity contribution in [2.24, 2.45) is 0 Å². The van der Waals surface area contributed by atoms with E-state index in [9.17, 15) is 22.8 Å². The van der Waals surface area contributed by atoms with E-state index in [-0.39, 0.29) is 48.2 Å². The van der Waals surface area contributed by atoms with E-state index in [2.05, 4.69) is 5.32 Å². The number of benzene rings is 3. The van der Waals surface area contributed by atoms with E-state index in [1.165, 1.54) is 12.1 Å². The van der Waals surface area contributed by atoms with Crippen molar-refractivity contribution >= 4 is 27.7 Å². The van der Waals surface area contributed by atoms with E-state index in [0.717, 1.165) is 15.4 Å². The van der Waals surface area contributed by atoms with Gasteiger partial charge in [0.15, 0.2) is 0 Å². The van der Waals surface area contributed by atoms with Crippen LogP contribution in [0.5, 0.6) is 0 Å². The van der Waals surface area contributed by atoms with Gasteiger partial charge < -0.3 is 10.2 Å². The van der Waals surface area contributed by atoms with E-state index in [1.54, 1.807) is 17.0 Å². The summed E-state index contributed by atoms with van der Waals surface area (Å²) in [5, 5.41) is 2.85. The summed E-state index contributed by atoms with van der Waals surface area (Å²) in [6.07, 6.45) is 0.448. The van der Waals surface area contributed by atoms with Gasteiger partial charge >= 0.3 is 0 Å². The largest absolute Gasteiger partial charge is 0.355 e. The van der Waals surface area contributed by atoms with Crippen LogP contribution in [0.4, 0.5) is 0 Å². The predicted octanol–water partition coefficient (Wildman–Crippen LogP) is 3.39. The van der Waals surface area contributed by atoms with Crippen LogP contribution < -0.4 is 5.32 Å². The highest BCUT2D eigenvalue weighted by Crippen LogP contribution is 2.30. The first-order valence-electron chi connectivity index (χ1n) is 12.6. The molecule has 0 spiro atoms. The van der Waals surface area contributed by atoms with E-state index in [4.69, 9.17) is 0 Å². The van der Waals surface area contributed by atoms with Gasteiger partial charge in [0, 0.05) is 32.5 Å². The molecular weight excluding hydrogens is 502 g/mol. The zero-order valence-electron chi connectivity index (χ0n) is 21.2. The first kappa shape index (κ1) is 27.1. The average molecular weight is 534 g/mol. The zero-order chi connectivity index (χ0) is 27.1. The monoisotopic (exact) mass is 533 g/mol. The first-order valence-corrected chi connectivity index (χ1v) is 14.1. The zero-order valence-corrected chi connectivity index (χ0v) is 22.1. The summed E-state index contributed by atoms with van der Waals surface area (Å²) in [6.45, 7) is 2.35. The fraction of sp³-hybridized carbons (Fsp3) is 0.276. The Bertz CT molecular complexity index is 1390. The Morgan fingerprint density at radius 2 is 1.50 bits per heavy atom. The van der Waals surface area contributed by atoms with Gasteiger partial charge in [0.25, 0.3) is 15.9 Å².